The molecule has 0 atom stereocenters. The summed E-state index contributed by atoms with van der Waals surface area (Å²) in [5.41, 5.74) is 7.04. The quantitative estimate of drug-likeness (QED) is 0.613. The molecular weight excluding hydrogens is 208 g/mol. The van der Waals surface area contributed by atoms with Gasteiger partial charge in [0.15, 0.2) is 0 Å². The van der Waals surface area contributed by atoms with Crippen molar-refractivity contribution >= 4 is 17.2 Å². The lowest BCUT2D eigenvalue weighted by molar-refractivity contribution is 0.662. The van der Waals surface area contributed by atoms with Crippen LogP contribution in [0.4, 0.5) is 0 Å². The van der Waals surface area contributed by atoms with Crippen LogP contribution in [-0.4, -0.2) is 15.6 Å². The molecule has 3 N–H and O–H groups in total. The molecular formula is C10H12N4S. The average Bonchev–Trinajstić information content (AvgIpc) is 2.86. The van der Waals surface area contributed by atoms with Gasteiger partial charge >= 0.3 is 0 Å². The Morgan fingerprint density at radius 3 is 3.00 bits per heavy atom. The zero-order valence-corrected chi connectivity index (χ0v) is 9.21. The zero-order valence-electron chi connectivity index (χ0n) is 8.40. The number of hydrogen-bond acceptors (Lipinski definition) is 3. The molecule has 0 radical (unpaired) electrons. The SMILES string of the molecule is CCn1cc(C(=N)N)c(-c2cccs2)n1. The second kappa shape index (κ2) is 3.86. The van der Waals surface area contributed by atoms with E-state index in [0.29, 0.717) is 5.56 Å². The lowest BCUT2D eigenvalue weighted by atomic mass is 10.2. The van der Waals surface area contributed by atoms with Crippen molar-refractivity contribution in [1.82, 2.24) is 9.78 Å². The molecule has 15 heavy (non-hydrogen) atoms. The third-order valence-electron chi connectivity index (χ3n) is 2.13. The molecule has 2 heterocycles. The Kier molecular flexibility index (Phi) is 2.55. The molecule has 78 valence electrons. The Morgan fingerprint density at radius 2 is 2.47 bits per heavy atom. The summed E-state index contributed by atoms with van der Waals surface area (Å²) in [6.45, 7) is 2.79. The first-order valence-corrected chi connectivity index (χ1v) is 5.56. The standard InChI is InChI=1S/C10H12N4S/c1-2-14-6-7(10(11)12)9(13-14)8-4-3-5-15-8/h3-6H,2H2,1H3,(H3,11,12). The molecule has 0 aliphatic rings. The summed E-state index contributed by atoms with van der Waals surface area (Å²) in [4.78, 5) is 1.05. The minimum Gasteiger partial charge on any atom is -0.384 e. The van der Waals surface area contributed by atoms with E-state index < -0.39 is 0 Å². The number of nitrogens with two attached hydrogens (primary N) is 1. The first kappa shape index (κ1) is 9.92. The van der Waals surface area contributed by atoms with Gasteiger partial charge in [0, 0.05) is 12.7 Å². The molecule has 0 saturated carbocycles. The number of amidine groups is 1. The van der Waals surface area contributed by atoms with Gasteiger partial charge in [0.2, 0.25) is 0 Å². The molecule has 0 spiro atoms. The largest absolute Gasteiger partial charge is 0.384 e. The van der Waals surface area contributed by atoms with Crippen molar-refractivity contribution < 1.29 is 0 Å². The molecule has 0 aliphatic carbocycles. The van der Waals surface area contributed by atoms with Crippen LogP contribution < -0.4 is 5.73 Å². The van der Waals surface area contributed by atoms with Gasteiger partial charge in [0.1, 0.15) is 11.5 Å². The fourth-order valence-corrected chi connectivity index (χ4v) is 2.10. The monoisotopic (exact) mass is 220 g/mol. The van der Waals surface area contributed by atoms with Gasteiger partial charge in [-0.2, -0.15) is 5.10 Å². The van der Waals surface area contributed by atoms with E-state index in [1.807, 2.05) is 30.6 Å². The van der Waals surface area contributed by atoms with Crippen molar-refractivity contribution in [2.24, 2.45) is 5.73 Å². The van der Waals surface area contributed by atoms with Crippen LogP contribution in [0.3, 0.4) is 0 Å². The fourth-order valence-electron chi connectivity index (χ4n) is 1.38. The Hall–Kier alpha value is -1.62. The number of nitrogens with one attached hydrogen (secondary N) is 1. The molecule has 2 rings (SSSR count). The molecule has 2 aromatic heterocycles. The molecule has 0 amide bonds. The average molecular weight is 220 g/mol. The number of hydrogen-bond donors (Lipinski definition) is 2. The number of aromatic nitrogens is 2. The van der Waals surface area contributed by atoms with Crippen molar-refractivity contribution in [1.29, 1.82) is 5.41 Å². The number of nitrogens with zero attached hydrogens (tertiary/aromatic N) is 2. The third-order valence-corrected chi connectivity index (χ3v) is 3.01. The van der Waals surface area contributed by atoms with E-state index in [1.54, 1.807) is 16.0 Å². The summed E-state index contributed by atoms with van der Waals surface area (Å²) in [6.07, 6.45) is 1.82. The predicted octanol–water partition coefficient (Wildman–Crippen LogP) is 1.92. The molecule has 0 bridgehead atoms. The van der Waals surface area contributed by atoms with Gasteiger partial charge in [-0.15, -0.1) is 11.3 Å². The molecule has 0 aromatic carbocycles. The first-order valence-electron chi connectivity index (χ1n) is 4.68. The van der Waals surface area contributed by atoms with Gasteiger partial charge in [0.25, 0.3) is 0 Å². The Morgan fingerprint density at radius 1 is 1.67 bits per heavy atom. The number of aryl methyl sites for hydroxylation is 1. The smallest absolute Gasteiger partial charge is 0.126 e. The van der Waals surface area contributed by atoms with Crippen molar-refractivity contribution in [2.45, 2.75) is 13.5 Å². The fraction of sp³-hybridized carbons (Fsp3) is 0.200. The van der Waals surface area contributed by atoms with Crippen LogP contribution in [0.1, 0.15) is 12.5 Å². The van der Waals surface area contributed by atoms with Crippen molar-refractivity contribution in [3.63, 3.8) is 0 Å². The number of rotatable bonds is 3. The van der Waals surface area contributed by atoms with Crippen molar-refractivity contribution in [2.75, 3.05) is 0 Å². The van der Waals surface area contributed by atoms with Crippen molar-refractivity contribution in [3.8, 4) is 10.6 Å². The Labute approximate surface area is 91.9 Å². The molecule has 0 saturated heterocycles. The summed E-state index contributed by atoms with van der Waals surface area (Å²) in [6, 6.07) is 3.95. The molecule has 0 fully saturated rings. The highest BCUT2D eigenvalue weighted by molar-refractivity contribution is 7.13. The molecule has 0 unspecified atom stereocenters. The minimum atomic E-state index is 0.0677. The lowest BCUT2D eigenvalue weighted by Gasteiger charge is -1.95. The van der Waals surface area contributed by atoms with Gasteiger partial charge in [-0.25, -0.2) is 0 Å². The van der Waals surface area contributed by atoms with Crippen LogP contribution in [0.25, 0.3) is 10.6 Å². The van der Waals surface area contributed by atoms with Crippen LogP contribution in [0.2, 0.25) is 0 Å². The minimum absolute atomic E-state index is 0.0677. The summed E-state index contributed by atoms with van der Waals surface area (Å²) in [5, 5.41) is 13.9. The third kappa shape index (κ3) is 1.78. The first-order chi connectivity index (χ1) is 7.22. The van der Waals surface area contributed by atoms with Crippen LogP contribution >= 0.6 is 11.3 Å². The number of thiophene rings is 1. The number of nitrogen functional groups attached to an aromatic ring is 1. The van der Waals surface area contributed by atoms with Gasteiger partial charge in [-0.3, -0.25) is 10.1 Å². The zero-order chi connectivity index (χ0) is 10.8. The van der Waals surface area contributed by atoms with E-state index in [-0.39, 0.29) is 5.84 Å². The van der Waals surface area contributed by atoms with Gasteiger partial charge in [-0.05, 0) is 18.4 Å². The summed E-state index contributed by atoms with van der Waals surface area (Å²) in [5.74, 6) is 0.0677. The topological polar surface area (TPSA) is 67.7 Å². The second-order valence-electron chi connectivity index (χ2n) is 3.14. The lowest BCUT2D eigenvalue weighted by Crippen LogP contribution is -2.11. The predicted molar refractivity (Wildman–Crippen MR) is 62.2 cm³/mol. The maximum atomic E-state index is 7.50. The Balaban J connectivity index is 2.54. The van der Waals surface area contributed by atoms with E-state index in [2.05, 4.69) is 5.10 Å². The Bertz CT molecular complexity index is 470. The highest BCUT2D eigenvalue weighted by Crippen LogP contribution is 2.26. The van der Waals surface area contributed by atoms with Gasteiger partial charge < -0.3 is 5.73 Å². The maximum absolute atomic E-state index is 7.50. The highest BCUT2D eigenvalue weighted by Gasteiger charge is 2.13. The van der Waals surface area contributed by atoms with E-state index in [1.165, 1.54) is 0 Å². The van der Waals surface area contributed by atoms with Crippen LogP contribution in [0.15, 0.2) is 23.7 Å². The van der Waals surface area contributed by atoms with Gasteiger partial charge in [-0.1, -0.05) is 6.07 Å². The van der Waals surface area contributed by atoms with Crippen LogP contribution in [-0.2, 0) is 6.54 Å². The van der Waals surface area contributed by atoms with E-state index in [4.69, 9.17) is 11.1 Å². The molecule has 4 nitrogen and oxygen atoms in total. The maximum Gasteiger partial charge on any atom is 0.126 e. The van der Waals surface area contributed by atoms with E-state index in [0.717, 1.165) is 17.1 Å². The van der Waals surface area contributed by atoms with Crippen molar-refractivity contribution in [3.05, 3.63) is 29.3 Å². The van der Waals surface area contributed by atoms with E-state index in [9.17, 15) is 0 Å². The molecule has 5 heteroatoms. The highest BCUT2D eigenvalue weighted by atomic mass is 32.1. The van der Waals surface area contributed by atoms with E-state index >= 15 is 0 Å². The summed E-state index contributed by atoms with van der Waals surface area (Å²) < 4.78 is 1.80. The summed E-state index contributed by atoms with van der Waals surface area (Å²) in [7, 11) is 0. The normalized spacial score (nSPS) is 10.5. The second-order valence-corrected chi connectivity index (χ2v) is 4.09. The molecule has 2 aromatic rings. The summed E-state index contributed by atoms with van der Waals surface area (Å²) >= 11 is 1.60. The van der Waals surface area contributed by atoms with Crippen LogP contribution in [0.5, 0.6) is 0 Å². The van der Waals surface area contributed by atoms with Gasteiger partial charge in [0.05, 0.1) is 10.4 Å². The molecule has 0 aliphatic heterocycles. The van der Waals surface area contributed by atoms with Crippen LogP contribution in [0, 0.1) is 5.41 Å².